The second kappa shape index (κ2) is 7.85. The lowest BCUT2D eigenvalue weighted by atomic mass is 10.1. The highest BCUT2D eigenvalue weighted by atomic mass is 35.5. The van der Waals surface area contributed by atoms with Crippen LogP contribution in [-0.4, -0.2) is 15.5 Å². The fourth-order valence-electron chi connectivity index (χ4n) is 2.74. The molecule has 134 valence electrons. The zero-order valence-corrected chi connectivity index (χ0v) is 15.8. The monoisotopic (exact) mass is 387 g/mol. The first-order valence-corrected chi connectivity index (χ1v) is 9.08. The molecular weight excluding hydrogens is 370 g/mol. The minimum absolute atomic E-state index is 0.145. The number of hydrogen-bond acceptors (Lipinski definition) is 3. The third-order valence-corrected chi connectivity index (χ3v) is 4.78. The zero-order chi connectivity index (χ0) is 18.7. The van der Waals surface area contributed by atoms with Crippen molar-refractivity contribution >= 4 is 40.6 Å². The van der Waals surface area contributed by atoms with Crippen molar-refractivity contribution in [2.24, 2.45) is 0 Å². The summed E-state index contributed by atoms with van der Waals surface area (Å²) >= 11 is 11.4. The molecule has 1 amide bonds. The molecule has 5 nitrogen and oxygen atoms in total. The Bertz CT molecular complexity index is 1090. The van der Waals surface area contributed by atoms with Crippen LogP contribution >= 0.6 is 23.8 Å². The van der Waals surface area contributed by atoms with Gasteiger partial charge in [0.25, 0.3) is 11.5 Å². The first-order valence-electron chi connectivity index (χ1n) is 8.29. The molecule has 0 aliphatic heterocycles. The van der Waals surface area contributed by atoms with Crippen LogP contribution in [0.15, 0.2) is 47.3 Å². The Morgan fingerprint density at radius 3 is 2.77 bits per heavy atom. The summed E-state index contributed by atoms with van der Waals surface area (Å²) in [7, 11) is 0. The minimum atomic E-state index is -0.246. The van der Waals surface area contributed by atoms with Gasteiger partial charge in [0.15, 0.2) is 4.77 Å². The summed E-state index contributed by atoms with van der Waals surface area (Å²) in [5.41, 5.74) is 1.69. The van der Waals surface area contributed by atoms with Crippen LogP contribution in [0.25, 0.3) is 10.9 Å². The number of amides is 1. The zero-order valence-electron chi connectivity index (χ0n) is 14.2. The van der Waals surface area contributed by atoms with E-state index >= 15 is 0 Å². The van der Waals surface area contributed by atoms with Gasteiger partial charge in [-0.2, -0.15) is 0 Å². The molecular formula is C19H18ClN3O2S. The number of nitrogens with zero attached hydrogens (tertiary/aromatic N) is 1. The first-order chi connectivity index (χ1) is 12.5. The largest absolute Gasteiger partial charge is 0.348 e. The number of rotatable bonds is 5. The van der Waals surface area contributed by atoms with Gasteiger partial charge in [0.1, 0.15) is 0 Å². The maximum Gasteiger partial charge on any atom is 0.262 e. The van der Waals surface area contributed by atoms with Gasteiger partial charge in [-0.1, -0.05) is 36.7 Å². The highest BCUT2D eigenvalue weighted by molar-refractivity contribution is 7.71. The highest BCUT2D eigenvalue weighted by Gasteiger charge is 2.10. The lowest BCUT2D eigenvalue weighted by molar-refractivity contribution is 0.0951. The molecule has 0 bridgehead atoms. The second-order valence-corrected chi connectivity index (χ2v) is 6.72. The highest BCUT2D eigenvalue weighted by Crippen LogP contribution is 2.15. The number of benzene rings is 2. The normalized spacial score (nSPS) is 10.8. The second-order valence-electron chi connectivity index (χ2n) is 5.92. The summed E-state index contributed by atoms with van der Waals surface area (Å²) in [6, 6.07) is 12.3. The van der Waals surface area contributed by atoms with Crippen LogP contribution in [0.2, 0.25) is 5.02 Å². The van der Waals surface area contributed by atoms with Crippen LogP contribution in [-0.2, 0) is 13.1 Å². The third kappa shape index (κ3) is 3.71. The Kier molecular flexibility index (Phi) is 5.54. The van der Waals surface area contributed by atoms with E-state index in [1.165, 1.54) is 4.57 Å². The Labute approximate surface area is 160 Å². The van der Waals surface area contributed by atoms with Gasteiger partial charge in [-0.05, 0) is 48.5 Å². The Hall–Kier alpha value is -2.44. The fourth-order valence-corrected chi connectivity index (χ4v) is 3.23. The molecule has 0 saturated heterocycles. The topological polar surface area (TPSA) is 66.9 Å². The number of aromatic nitrogens is 2. The van der Waals surface area contributed by atoms with Crippen molar-refractivity contribution in [1.29, 1.82) is 0 Å². The predicted molar refractivity (Wildman–Crippen MR) is 106 cm³/mol. The first kappa shape index (κ1) is 18.4. The molecule has 1 aromatic heterocycles. The number of nitrogens with one attached hydrogen (secondary N) is 2. The molecule has 0 spiro atoms. The van der Waals surface area contributed by atoms with Crippen LogP contribution in [0.1, 0.15) is 29.3 Å². The quantitative estimate of drug-likeness (QED) is 0.649. The lowest BCUT2D eigenvalue weighted by Crippen LogP contribution is -2.24. The van der Waals surface area contributed by atoms with Crippen molar-refractivity contribution in [3.63, 3.8) is 0 Å². The Balaban J connectivity index is 1.88. The van der Waals surface area contributed by atoms with E-state index < -0.39 is 0 Å². The molecule has 3 aromatic rings. The lowest BCUT2D eigenvalue weighted by Gasteiger charge is -2.09. The summed E-state index contributed by atoms with van der Waals surface area (Å²) in [6.07, 6.45) is 0.811. The van der Waals surface area contributed by atoms with Gasteiger partial charge in [0, 0.05) is 23.7 Å². The number of aromatic amines is 1. The van der Waals surface area contributed by atoms with E-state index in [0.717, 1.165) is 12.0 Å². The molecule has 0 fully saturated rings. The van der Waals surface area contributed by atoms with E-state index in [-0.39, 0.29) is 11.5 Å². The number of H-pyrrole nitrogens is 1. The Morgan fingerprint density at radius 1 is 1.27 bits per heavy atom. The molecule has 0 atom stereocenters. The van der Waals surface area contributed by atoms with Gasteiger partial charge in [0.05, 0.1) is 10.9 Å². The van der Waals surface area contributed by atoms with Crippen molar-refractivity contribution in [2.45, 2.75) is 26.4 Å². The van der Waals surface area contributed by atoms with Gasteiger partial charge < -0.3 is 10.3 Å². The van der Waals surface area contributed by atoms with E-state index in [9.17, 15) is 9.59 Å². The van der Waals surface area contributed by atoms with Gasteiger partial charge in [-0.3, -0.25) is 14.2 Å². The van der Waals surface area contributed by atoms with E-state index in [2.05, 4.69) is 10.3 Å². The SMILES string of the molecule is CCCn1c(=S)[nH]c2cc(C(=O)NCc3ccccc3Cl)ccc2c1=O. The van der Waals surface area contributed by atoms with Gasteiger partial charge >= 0.3 is 0 Å². The molecule has 0 aliphatic carbocycles. The minimum Gasteiger partial charge on any atom is -0.348 e. The summed E-state index contributed by atoms with van der Waals surface area (Å²) in [4.78, 5) is 28.0. The van der Waals surface area contributed by atoms with Crippen LogP contribution in [0.5, 0.6) is 0 Å². The van der Waals surface area contributed by atoms with Crippen LogP contribution in [0, 0.1) is 4.77 Å². The van der Waals surface area contributed by atoms with E-state index in [1.807, 2.05) is 25.1 Å². The molecule has 0 aliphatic rings. The van der Waals surface area contributed by atoms with Gasteiger partial charge in [-0.25, -0.2) is 0 Å². The Morgan fingerprint density at radius 2 is 2.04 bits per heavy atom. The molecule has 2 N–H and O–H groups in total. The fraction of sp³-hybridized carbons (Fsp3) is 0.211. The van der Waals surface area contributed by atoms with Crippen LogP contribution < -0.4 is 10.9 Å². The van der Waals surface area contributed by atoms with Crippen LogP contribution in [0.4, 0.5) is 0 Å². The molecule has 0 radical (unpaired) electrons. The summed E-state index contributed by atoms with van der Waals surface area (Å²) < 4.78 is 1.90. The van der Waals surface area contributed by atoms with Gasteiger partial charge in [-0.15, -0.1) is 0 Å². The molecule has 3 rings (SSSR count). The number of hydrogen-bond donors (Lipinski definition) is 2. The molecule has 0 unspecified atom stereocenters. The summed E-state index contributed by atoms with van der Waals surface area (Å²) in [6.45, 7) is 2.87. The summed E-state index contributed by atoms with van der Waals surface area (Å²) in [5, 5.41) is 3.95. The predicted octanol–water partition coefficient (Wildman–Crippen LogP) is 4.05. The van der Waals surface area contributed by atoms with E-state index in [4.69, 9.17) is 23.8 Å². The number of carbonyl (C=O) groups is 1. The third-order valence-electron chi connectivity index (χ3n) is 4.09. The van der Waals surface area contributed by atoms with Crippen molar-refractivity contribution in [2.75, 3.05) is 0 Å². The standard InChI is InChI=1S/C19H18ClN3O2S/c1-2-9-23-18(25)14-8-7-12(10-16(14)22-19(23)26)17(24)21-11-13-5-3-4-6-15(13)20/h3-8,10H,2,9,11H2,1H3,(H,21,24)(H,22,26). The smallest absolute Gasteiger partial charge is 0.262 e. The molecule has 26 heavy (non-hydrogen) atoms. The van der Waals surface area contributed by atoms with E-state index in [0.29, 0.717) is 39.3 Å². The van der Waals surface area contributed by atoms with Crippen molar-refractivity contribution in [3.8, 4) is 0 Å². The summed E-state index contributed by atoms with van der Waals surface area (Å²) in [5.74, 6) is -0.246. The molecule has 0 saturated carbocycles. The molecule has 2 aromatic carbocycles. The van der Waals surface area contributed by atoms with Crippen molar-refractivity contribution < 1.29 is 4.79 Å². The van der Waals surface area contributed by atoms with Crippen LogP contribution in [0.3, 0.4) is 0 Å². The average Bonchev–Trinajstić information content (AvgIpc) is 2.63. The number of halogens is 1. The number of fused-ring (bicyclic) bond motifs is 1. The van der Waals surface area contributed by atoms with E-state index in [1.54, 1.807) is 24.3 Å². The van der Waals surface area contributed by atoms with Gasteiger partial charge in [0.2, 0.25) is 0 Å². The maximum atomic E-state index is 12.5. The molecule has 1 heterocycles. The average molecular weight is 388 g/mol. The maximum absolute atomic E-state index is 12.5. The van der Waals surface area contributed by atoms with Crippen molar-refractivity contribution in [3.05, 3.63) is 73.7 Å². The molecule has 7 heteroatoms. The number of carbonyl (C=O) groups excluding carboxylic acids is 1. The van der Waals surface area contributed by atoms with Crippen molar-refractivity contribution in [1.82, 2.24) is 14.9 Å².